The number of carbonyl (C=O) groups excluding carboxylic acids is 1. The summed E-state index contributed by atoms with van der Waals surface area (Å²) in [6.07, 6.45) is 2.82. The minimum absolute atomic E-state index is 0.115. The Hall–Kier alpha value is -0.990. The zero-order valence-corrected chi connectivity index (χ0v) is 5.58. The molecule has 1 rings (SSSR count). The second kappa shape index (κ2) is 3.25. The van der Waals surface area contributed by atoms with E-state index in [4.69, 9.17) is 5.53 Å². The summed E-state index contributed by atoms with van der Waals surface area (Å²) in [6, 6.07) is -0.115. The van der Waals surface area contributed by atoms with Gasteiger partial charge in [0, 0.05) is 0 Å². The monoisotopic (exact) mass is 139 g/mol. The third-order valence-corrected chi connectivity index (χ3v) is 1.59. The molecule has 0 spiro atoms. The van der Waals surface area contributed by atoms with E-state index >= 15 is 0 Å². The first-order valence-electron chi connectivity index (χ1n) is 3.29. The molecule has 0 unspecified atom stereocenters. The average Bonchev–Trinajstić information content (AvgIpc) is 2.38. The molecular formula is C6H9N3O. The minimum atomic E-state index is -0.139. The topological polar surface area (TPSA) is 65.5 Å². The van der Waals surface area contributed by atoms with Crippen molar-refractivity contribution in [3.63, 3.8) is 0 Å². The van der Waals surface area contributed by atoms with Crippen molar-refractivity contribution in [2.45, 2.75) is 18.9 Å². The van der Waals surface area contributed by atoms with Crippen LogP contribution in [0.3, 0.4) is 0 Å². The molecule has 0 radical (unpaired) electrons. The lowest BCUT2D eigenvalue weighted by Crippen LogP contribution is -2.31. The van der Waals surface area contributed by atoms with Crippen LogP contribution in [0.1, 0.15) is 12.8 Å². The third-order valence-electron chi connectivity index (χ3n) is 1.59. The molecule has 0 amide bonds. The van der Waals surface area contributed by atoms with Gasteiger partial charge in [0.05, 0.1) is 6.04 Å². The van der Waals surface area contributed by atoms with E-state index in [1.165, 1.54) is 0 Å². The Labute approximate surface area is 58.9 Å². The van der Waals surface area contributed by atoms with Crippen LogP contribution in [0.25, 0.3) is 5.53 Å². The number of Topliss-reactive ketones (excluding diaryl/α,β-unsaturated/α-hetero) is 1. The summed E-state index contributed by atoms with van der Waals surface area (Å²) in [7, 11) is 0. The Morgan fingerprint density at radius 2 is 2.60 bits per heavy atom. The molecule has 0 aromatic heterocycles. The van der Waals surface area contributed by atoms with Gasteiger partial charge in [-0.05, 0) is 19.4 Å². The van der Waals surface area contributed by atoms with Crippen molar-refractivity contribution >= 4 is 12.0 Å². The standard InChI is InChI=1S/C6H9N3O/c7-9-4-6(10)5-2-1-3-8-5/h4-5,8H,1-3H2/t5-/m0/s1. The minimum Gasteiger partial charge on any atom is -0.361 e. The second-order valence-electron chi connectivity index (χ2n) is 2.30. The molecule has 1 atom stereocenters. The number of hydrogen-bond acceptors (Lipinski definition) is 2. The maximum Gasteiger partial charge on any atom is 0.324 e. The molecule has 4 heteroatoms. The number of carbonyl (C=O) groups is 1. The molecule has 0 aromatic carbocycles. The van der Waals surface area contributed by atoms with E-state index in [2.05, 4.69) is 10.1 Å². The highest BCUT2D eigenvalue weighted by Gasteiger charge is 2.22. The average molecular weight is 139 g/mol. The van der Waals surface area contributed by atoms with Crippen LogP contribution in [0.2, 0.25) is 0 Å². The maximum atomic E-state index is 10.9. The molecule has 0 aliphatic carbocycles. The molecule has 0 saturated carbocycles. The molecule has 10 heavy (non-hydrogen) atoms. The SMILES string of the molecule is [N-]=[N+]=CC(=O)[C@@H]1CCCN1. The number of nitrogens with zero attached hydrogens (tertiary/aromatic N) is 2. The Bertz CT molecular complexity index is 177. The molecule has 1 heterocycles. The molecule has 1 fully saturated rings. The van der Waals surface area contributed by atoms with Crippen LogP contribution in [0, 0.1) is 0 Å². The highest BCUT2D eigenvalue weighted by molar-refractivity contribution is 6.27. The van der Waals surface area contributed by atoms with Gasteiger partial charge in [-0.15, -0.1) is 0 Å². The lowest BCUT2D eigenvalue weighted by atomic mass is 10.1. The zero-order valence-electron chi connectivity index (χ0n) is 5.58. The van der Waals surface area contributed by atoms with Crippen molar-refractivity contribution < 1.29 is 9.58 Å². The van der Waals surface area contributed by atoms with Gasteiger partial charge >= 0.3 is 6.21 Å². The van der Waals surface area contributed by atoms with Gasteiger partial charge in [-0.2, -0.15) is 4.79 Å². The van der Waals surface area contributed by atoms with E-state index in [1.807, 2.05) is 0 Å². The maximum absolute atomic E-state index is 10.9. The highest BCUT2D eigenvalue weighted by Crippen LogP contribution is 2.03. The van der Waals surface area contributed by atoms with Crippen LogP contribution in [0.5, 0.6) is 0 Å². The first-order chi connectivity index (χ1) is 4.84. The van der Waals surface area contributed by atoms with Gasteiger partial charge in [0.2, 0.25) is 0 Å². The Kier molecular flexibility index (Phi) is 2.31. The zero-order chi connectivity index (χ0) is 7.40. The number of rotatable bonds is 2. The van der Waals surface area contributed by atoms with Gasteiger partial charge < -0.3 is 10.8 Å². The van der Waals surface area contributed by atoms with Crippen LogP contribution in [-0.2, 0) is 4.79 Å². The molecule has 54 valence electrons. The largest absolute Gasteiger partial charge is 0.361 e. The van der Waals surface area contributed by atoms with Crippen LogP contribution in [0.4, 0.5) is 0 Å². The van der Waals surface area contributed by atoms with Gasteiger partial charge in [0.25, 0.3) is 5.78 Å². The molecule has 0 aromatic rings. The van der Waals surface area contributed by atoms with Crippen LogP contribution in [-0.4, -0.2) is 29.4 Å². The highest BCUT2D eigenvalue weighted by atomic mass is 16.1. The Morgan fingerprint density at radius 1 is 1.80 bits per heavy atom. The summed E-state index contributed by atoms with van der Waals surface area (Å²) in [5, 5.41) is 2.99. The molecule has 1 saturated heterocycles. The summed E-state index contributed by atoms with van der Waals surface area (Å²) in [5.41, 5.74) is 8.02. The third kappa shape index (κ3) is 1.50. The van der Waals surface area contributed by atoms with E-state index in [1.54, 1.807) is 0 Å². The van der Waals surface area contributed by atoms with Crippen LogP contribution >= 0.6 is 0 Å². The van der Waals surface area contributed by atoms with Crippen molar-refractivity contribution in [3.05, 3.63) is 5.53 Å². The Morgan fingerprint density at radius 3 is 3.10 bits per heavy atom. The van der Waals surface area contributed by atoms with E-state index < -0.39 is 0 Å². The molecule has 1 N–H and O–H groups in total. The first-order valence-corrected chi connectivity index (χ1v) is 3.29. The summed E-state index contributed by atoms with van der Waals surface area (Å²) in [6.45, 7) is 0.885. The predicted octanol–water partition coefficient (Wildman–Crippen LogP) is -0.392. The number of hydrogen-bond donors (Lipinski definition) is 1. The summed E-state index contributed by atoms with van der Waals surface area (Å²) >= 11 is 0. The molecular weight excluding hydrogens is 130 g/mol. The van der Waals surface area contributed by atoms with Gasteiger partial charge in [-0.1, -0.05) is 0 Å². The van der Waals surface area contributed by atoms with Crippen molar-refractivity contribution in [2.75, 3.05) is 6.54 Å². The fourth-order valence-electron chi connectivity index (χ4n) is 1.07. The smallest absolute Gasteiger partial charge is 0.324 e. The molecule has 4 nitrogen and oxygen atoms in total. The van der Waals surface area contributed by atoms with Crippen molar-refractivity contribution in [1.82, 2.24) is 5.32 Å². The molecule has 1 aliphatic heterocycles. The fraction of sp³-hybridized carbons (Fsp3) is 0.667. The van der Waals surface area contributed by atoms with Crippen molar-refractivity contribution in [3.8, 4) is 0 Å². The number of ketones is 1. The summed E-state index contributed by atoms with van der Waals surface area (Å²) in [4.78, 5) is 13.5. The first kappa shape index (κ1) is 7.12. The van der Waals surface area contributed by atoms with E-state index in [-0.39, 0.29) is 11.8 Å². The van der Waals surface area contributed by atoms with E-state index in [0.717, 1.165) is 25.6 Å². The lowest BCUT2D eigenvalue weighted by molar-refractivity contribution is -0.117. The van der Waals surface area contributed by atoms with E-state index in [0.29, 0.717) is 0 Å². The van der Waals surface area contributed by atoms with Gasteiger partial charge in [-0.25, -0.2) is 0 Å². The fourth-order valence-corrected chi connectivity index (χ4v) is 1.07. The van der Waals surface area contributed by atoms with Crippen molar-refractivity contribution in [1.29, 1.82) is 0 Å². The normalized spacial score (nSPS) is 23.8. The van der Waals surface area contributed by atoms with Gasteiger partial charge in [0.15, 0.2) is 0 Å². The molecule has 1 aliphatic rings. The van der Waals surface area contributed by atoms with Crippen molar-refractivity contribution in [2.24, 2.45) is 0 Å². The summed E-state index contributed by atoms with van der Waals surface area (Å²) in [5.74, 6) is -0.139. The molecule has 0 bridgehead atoms. The van der Waals surface area contributed by atoms with Gasteiger partial charge in [-0.3, -0.25) is 4.79 Å². The van der Waals surface area contributed by atoms with Crippen LogP contribution < -0.4 is 5.32 Å². The number of nitrogens with one attached hydrogen (secondary N) is 1. The quantitative estimate of drug-likeness (QED) is 0.321. The van der Waals surface area contributed by atoms with Crippen LogP contribution in [0.15, 0.2) is 0 Å². The Balaban J connectivity index is 2.47. The lowest BCUT2D eigenvalue weighted by Gasteiger charge is -1.99. The van der Waals surface area contributed by atoms with E-state index in [9.17, 15) is 4.79 Å². The second-order valence-corrected chi connectivity index (χ2v) is 2.30. The predicted molar refractivity (Wildman–Crippen MR) is 35.7 cm³/mol. The summed E-state index contributed by atoms with van der Waals surface area (Å²) < 4.78 is 0. The van der Waals surface area contributed by atoms with Gasteiger partial charge in [0.1, 0.15) is 0 Å².